The molecule has 0 radical (unpaired) electrons. The molecule has 9 rings (SSSR count). The van der Waals surface area contributed by atoms with E-state index in [1.807, 2.05) is 24.6 Å². The van der Waals surface area contributed by atoms with Crippen LogP contribution in [0.15, 0.2) is 241 Å². The highest BCUT2D eigenvalue weighted by molar-refractivity contribution is 5.85. The van der Waals surface area contributed by atoms with Crippen LogP contribution in [-0.2, 0) is 13.1 Å². The molecule has 0 fully saturated rings. The molecule has 0 aromatic heterocycles. The fourth-order valence-electron chi connectivity index (χ4n) is 8.13. The van der Waals surface area contributed by atoms with Gasteiger partial charge in [0.25, 0.3) is 0 Å². The maximum atomic E-state index is 5.09. The fraction of sp³-hybridized carbons (Fsp3) is 0.0968. The van der Waals surface area contributed by atoms with Gasteiger partial charge in [-0.1, -0.05) is 156 Å². The monoisotopic (exact) mass is 884 g/mol. The summed E-state index contributed by atoms with van der Waals surface area (Å²) in [4.78, 5) is 4.58. The molecule has 0 amide bonds. The van der Waals surface area contributed by atoms with E-state index in [1.165, 1.54) is 22.3 Å². The number of rotatable bonds is 16. The van der Waals surface area contributed by atoms with Crippen molar-refractivity contribution >= 4 is 57.9 Å². The van der Waals surface area contributed by atoms with Crippen LogP contribution >= 0.6 is 0 Å². The van der Waals surface area contributed by atoms with Gasteiger partial charge in [0.2, 0.25) is 0 Å². The van der Waals surface area contributed by atoms with Crippen molar-refractivity contribution in [3.8, 4) is 0 Å². The molecule has 0 heterocycles. The Bertz CT molecular complexity index is 2760. The van der Waals surface area contributed by atoms with E-state index in [-0.39, 0.29) is 0 Å². The van der Waals surface area contributed by atoms with Crippen LogP contribution in [0.5, 0.6) is 0 Å². The summed E-state index contributed by atoms with van der Waals surface area (Å²) in [6.45, 7) is 9.65. The van der Waals surface area contributed by atoms with Gasteiger partial charge in [0.1, 0.15) is 0 Å². The molecule has 0 saturated heterocycles. The van der Waals surface area contributed by atoms with Crippen molar-refractivity contribution in [3.63, 3.8) is 0 Å². The first-order valence-corrected chi connectivity index (χ1v) is 23.2. The van der Waals surface area contributed by atoms with Gasteiger partial charge < -0.3 is 9.80 Å². The molecule has 6 heteroatoms. The van der Waals surface area contributed by atoms with Crippen LogP contribution in [0.3, 0.4) is 0 Å². The Morgan fingerprint density at radius 1 is 0.294 bits per heavy atom. The molecular weight excluding hydrogens is 829 g/mol. The third kappa shape index (κ3) is 11.3. The average Bonchev–Trinajstić information content (AvgIpc) is 3.38. The van der Waals surface area contributed by atoms with Crippen LogP contribution in [0, 0.1) is 27.7 Å². The Morgan fingerprint density at radius 2 is 0.574 bits per heavy atom. The maximum absolute atomic E-state index is 5.09. The van der Waals surface area contributed by atoms with E-state index in [9.17, 15) is 0 Å². The summed E-state index contributed by atoms with van der Waals surface area (Å²) in [5, 5.41) is 14.3. The minimum Gasteiger partial charge on any atom is -0.311 e. The largest absolute Gasteiger partial charge is 0.311 e. The summed E-state index contributed by atoms with van der Waals surface area (Å²) < 4.78 is 0. The van der Waals surface area contributed by atoms with Crippen molar-refractivity contribution in [1.29, 1.82) is 0 Å². The summed E-state index contributed by atoms with van der Waals surface area (Å²) in [6, 6.07) is 81.4. The molecule has 0 unspecified atom stereocenters. The van der Waals surface area contributed by atoms with Crippen molar-refractivity contribution in [2.24, 2.45) is 10.2 Å². The second-order valence-corrected chi connectivity index (χ2v) is 17.3. The SMILES string of the molecule is Cc1ccc(N(c2ccc(C)cc2)c2ccc(C=NN(Cc3cccc(CN(N=Cc4ccc(N(c5ccc(C)cc5)c5ccc(C)cc5)cc4)c4ccccc4)c3)c3ccccc3)cc2)cc1. The van der Waals surface area contributed by atoms with Crippen molar-refractivity contribution in [2.45, 2.75) is 40.8 Å². The molecule has 334 valence electrons. The lowest BCUT2D eigenvalue weighted by atomic mass is 10.1. The topological polar surface area (TPSA) is 37.7 Å². The predicted octanol–water partition coefficient (Wildman–Crippen LogP) is 15.9. The van der Waals surface area contributed by atoms with Gasteiger partial charge in [-0.15, -0.1) is 0 Å². The third-order valence-corrected chi connectivity index (χ3v) is 11.9. The molecule has 0 aliphatic carbocycles. The highest BCUT2D eigenvalue weighted by Crippen LogP contribution is 2.36. The molecule has 0 saturated carbocycles. The smallest absolute Gasteiger partial charge is 0.0666 e. The average molecular weight is 885 g/mol. The minimum absolute atomic E-state index is 0.588. The van der Waals surface area contributed by atoms with Crippen molar-refractivity contribution < 1.29 is 0 Å². The normalized spacial score (nSPS) is 11.2. The van der Waals surface area contributed by atoms with Gasteiger partial charge in [-0.3, -0.25) is 10.0 Å². The highest BCUT2D eigenvalue weighted by Gasteiger charge is 2.15. The first-order chi connectivity index (χ1) is 33.3. The van der Waals surface area contributed by atoms with Gasteiger partial charge in [-0.05, 0) is 147 Å². The first kappa shape index (κ1) is 44.7. The second kappa shape index (κ2) is 21.2. The lowest BCUT2D eigenvalue weighted by Gasteiger charge is -2.26. The van der Waals surface area contributed by atoms with Gasteiger partial charge in [0.15, 0.2) is 0 Å². The van der Waals surface area contributed by atoms with Crippen molar-refractivity contribution in [1.82, 2.24) is 0 Å². The molecule has 68 heavy (non-hydrogen) atoms. The quantitative estimate of drug-likeness (QED) is 0.0716. The van der Waals surface area contributed by atoms with Crippen molar-refractivity contribution in [3.05, 3.63) is 275 Å². The Labute approximate surface area is 402 Å². The standard InChI is InChI=1S/C62H56N6/c1-47-18-30-57(31-19-47)67(58-32-20-48(2)21-33-58)61-38-26-51(27-39-61)43-63-65(55-14-7-5-8-15-55)45-53-12-11-13-54(42-53)46-66(56-16-9-6-10-17-56)64-44-52-28-40-62(41-29-52)68(59-34-22-49(3)23-35-59)60-36-24-50(4)25-37-60/h5-44H,45-46H2,1-4H3. The number of anilines is 8. The summed E-state index contributed by atoms with van der Waals surface area (Å²) >= 11 is 0. The van der Waals surface area contributed by atoms with Crippen LogP contribution in [0.2, 0.25) is 0 Å². The van der Waals surface area contributed by atoms with Crippen LogP contribution in [0.4, 0.5) is 45.5 Å². The number of aryl methyl sites for hydroxylation is 4. The summed E-state index contributed by atoms with van der Waals surface area (Å²) in [5.74, 6) is 0. The lowest BCUT2D eigenvalue weighted by Crippen LogP contribution is -2.18. The zero-order valence-corrected chi connectivity index (χ0v) is 39.2. The third-order valence-electron chi connectivity index (χ3n) is 11.9. The first-order valence-electron chi connectivity index (χ1n) is 23.2. The van der Waals surface area contributed by atoms with E-state index in [0.717, 1.165) is 67.8 Å². The van der Waals surface area contributed by atoms with Crippen LogP contribution in [0.25, 0.3) is 0 Å². The van der Waals surface area contributed by atoms with E-state index < -0.39 is 0 Å². The molecule has 0 aliphatic heterocycles. The molecule has 0 N–H and O–H groups in total. The van der Waals surface area contributed by atoms with Gasteiger partial charge in [-0.2, -0.15) is 10.2 Å². The minimum atomic E-state index is 0.588. The Balaban J connectivity index is 0.933. The Kier molecular flexibility index (Phi) is 14.0. The van der Waals surface area contributed by atoms with Gasteiger partial charge >= 0.3 is 0 Å². The van der Waals surface area contributed by atoms with Gasteiger partial charge in [-0.25, -0.2) is 0 Å². The Morgan fingerprint density at radius 3 is 0.868 bits per heavy atom. The van der Waals surface area contributed by atoms with E-state index in [4.69, 9.17) is 10.2 Å². The summed E-state index contributed by atoms with van der Waals surface area (Å²) in [6.07, 6.45) is 3.90. The summed E-state index contributed by atoms with van der Waals surface area (Å²) in [5.41, 5.74) is 17.9. The molecule has 0 spiro atoms. The second-order valence-electron chi connectivity index (χ2n) is 17.3. The van der Waals surface area contributed by atoms with Crippen molar-refractivity contribution in [2.75, 3.05) is 19.8 Å². The predicted molar refractivity (Wildman–Crippen MR) is 288 cm³/mol. The fourth-order valence-corrected chi connectivity index (χ4v) is 8.13. The number of para-hydroxylation sites is 2. The van der Waals surface area contributed by atoms with Crippen LogP contribution in [0.1, 0.15) is 44.5 Å². The van der Waals surface area contributed by atoms with Gasteiger partial charge in [0.05, 0.1) is 36.9 Å². The molecule has 6 nitrogen and oxygen atoms in total. The van der Waals surface area contributed by atoms with Gasteiger partial charge in [0, 0.05) is 34.1 Å². The zero-order valence-electron chi connectivity index (χ0n) is 39.2. The number of nitrogens with zero attached hydrogens (tertiary/aromatic N) is 6. The molecular formula is C62H56N6. The van der Waals surface area contributed by atoms with Crippen LogP contribution in [-0.4, -0.2) is 12.4 Å². The summed E-state index contributed by atoms with van der Waals surface area (Å²) in [7, 11) is 0. The highest BCUT2D eigenvalue weighted by atomic mass is 15.5. The molecule has 9 aromatic rings. The molecule has 0 aliphatic rings. The zero-order chi connectivity index (χ0) is 46.7. The molecule has 9 aromatic carbocycles. The number of hydrazone groups is 2. The number of hydrogen-bond donors (Lipinski definition) is 0. The van der Waals surface area contributed by atoms with E-state index >= 15 is 0 Å². The molecule has 0 atom stereocenters. The number of hydrogen-bond acceptors (Lipinski definition) is 6. The Hall–Kier alpha value is -8.48. The molecule has 0 bridgehead atoms. The number of benzene rings is 9. The van der Waals surface area contributed by atoms with Crippen LogP contribution < -0.4 is 19.8 Å². The van der Waals surface area contributed by atoms with E-state index in [2.05, 4.69) is 266 Å². The lowest BCUT2D eigenvalue weighted by molar-refractivity contribution is 0.839. The van der Waals surface area contributed by atoms with E-state index in [0.29, 0.717) is 13.1 Å². The maximum Gasteiger partial charge on any atom is 0.0666 e. The van der Waals surface area contributed by atoms with E-state index in [1.54, 1.807) is 0 Å².